The summed E-state index contributed by atoms with van der Waals surface area (Å²) in [5, 5.41) is 1.96. The van der Waals surface area contributed by atoms with Gasteiger partial charge in [-0.15, -0.1) is 11.3 Å². The molecule has 0 aliphatic heterocycles. The molecule has 5 heteroatoms. The van der Waals surface area contributed by atoms with Crippen LogP contribution in [0.15, 0.2) is 17.5 Å². The molecule has 14 heavy (non-hydrogen) atoms. The molecule has 80 valence electrons. The SMILES string of the molecule is CCCC(NS(C)(=O)=O)c1cccs1. The Labute approximate surface area is 89.2 Å². The highest BCUT2D eigenvalue weighted by Crippen LogP contribution is 2.23. The van der Waals surface area contributed by atoms with Gasteiger partial charge in [-0.2, -0.15) is 0 Å². The summed E-state index contributed by atoms with van der Waals surface area (Å²) in [5.74, 6) is 0. The summed E-state index contributed by atoms with van der Waals surface area (Å²) in [6, 6.07) is 3.84. The second kappa shape index (κ2) is 4.91. The number of nitrogens with one attached hydrogen (secondary N) is 1. The molecule has 0 aliphatic carbocycles. The summed E-state index contributed by atoms with van der Waals surface area (Å²) in [6.07, 6.45) is 3.00. The van der Waals surface area contributed by atoms with Gasteiger partial charge in [-0.25, -0.2) is 13.1 Å². The van der Waals surface area contributed by atoms with Gasteiger partial charge in [-0.05, 0) is 17.9 Å². The molecule has 1 unspecified atom stereocenters. The summed E-state index contributed by atoms with van der Waals surface area (Å²) in [4.78, 5) is 1.08. The molecule has 0 aromatic carbocycles. The van der Waals surface area contributed by atoms with Gasteiger partial charge in [0.15, 0.2) is 0 Å². The molecular formula is C9H15NO2S2. The first kappa shape index (κ1) is 11.7. The molecule has 0 bridgehead atoms. The quantitative estimate of drug-likeness (QED) is 0.847. The van der Waals surface area contributed by atoms with E-state index in [0.29, 0.717) is 0 Å². The molecule has 1 atom stereocenters. The lowest BCUT2D eigenvalue weighted by atomic mass is 10.1. The number of hydrogen-bond acceptors (Lipinski definition) is 3. The molecule has 3 nitrogen and oxygen atoms in total. The van der Waals surface area contributed by atoms with Crippen molar-refractivity contribution in [1.29, 1.82) is 0 Å². The molecule has 0 amide bonds. The predicted octanol–water partition coefficient (Wildman–Crippen LogP) is 2.14. The van der Waals surface area contributed by atoms with E-state index in [1.54, 1.807) is 11.3 Å². The Hall–Kier alpha value is -0.390. The van der Waals surface area contributed by atoms with Crippen LogP contribution in [0.1, 0.15) is 30.7 Å². The fourth-order valence-electron chi connectivity index (χ4n) is 1.30. The van der Waals surface area contributed by atoms with Gasteiger partial charge in [0.05, 0.1) is 12.3 Å². The van der Waals surface area contributed by atoms with Crippen molar-refractivity contribution in [1.82, 2.24) is 4.72 Å². The largest absolute Gasteiger partial charge is 0.213 e. The molecule has 1 rings (SSSR count). The highest BCUT2D eigenvalue weighted by Gasteiger charge is 2.15. The highest BCUT2D eigenvalue weighted by molar-refractivity contribution is 7.88. The standard InChI is InChI=1S/C9H15NO2S2/c1-3-5-8(10-14(2,11)12)9-6-4-7-13-9/h4,6-8,10H,3,5H2,1-2H3. The third kappa shape index (κ3) is 3.77. The number of hydrogen-bond donors (Lipinski definition) is 1. The molecule has 1 N–H and O–H groups in total. The second-order valence-corrected chi connectivity index (χ2v) is 6.01. The van der Waals surface area contributed by atoms with Crippen molar-refractivity contribution >= 4 is 21.4 Å². The van der Waals surface area contributed by atoms with Crippen LogP contribution < -0.4 is 4.72 Å². The second-order valence-electron chi connectivity index (χ2n) is 3.25. The van der Waals surface area contributed by atoms with Gasteiger partial charge in [0.2, 0.25) is 10.0 Å². The predicted molar refractivity (Wildman–Crippen MR) is 59.9 cm³/mol. The first-order valence-corrected chi connectivity index (χ1v) is 7.30. The van der Waals surface area contributed by atoms with Gasteiger partial charge in [-0.3, -0.25) is 0 Å². The minimum Gasteiger partial charge on any atom is -0.213 e. The van der Waals surface area contributed by atoms with Gasteiger partial charge in [-0.1, -0.05) is 19.4 Å². The maximum atomic E-state index is 11.1. The molecule has 1 aromatic rings. The van der Waals surface area contributed by atoms with Gasteiger partial charge in [0.25, 0.3) is 0 Å². The van der Waals surface area contributed by atoms with Gasteiger partial charge in [0, 0.05) is 4.88 Å². The van der Waals surface area contributed by atoms with E-state index in [1.807, 2.05) is 24.4 Å². The summed E-state index contributed by atoms with van der Waals surface area (Å²) in [7, 11) is -3.11. The Morgan fingerprint density at radius 1 is 1.57 bits per heavy atom. The van der Waals surface area contributed by atoms with E-state index in [4.69, 9.17) is 0 Å². The molecule has 0 aliphatic rings. The number of thiophene rings is 1. The number of sulfonamides is 1. The minimum absolute atomic E-state index is 0.0602. The van der Waals surface area contributed by atoms with E-state index < -0.39 is 10.0 Å². The van der Waals surface area contributed by atoms with Crippen LogP contribution in [-0.2, 0) is 10.0 Å². The van der Waals surface area contributed by atoms with Crippen LogP contribution in [0.3, 0.4) is 0 Å². The van der Waals surface area contributed by atoms with E-state index in [-0.39, 0.29) is 6.04 Å². The fourth-order valence-corrected chi connectivity index (χ4v) is 2.94. The Morgan fingerprint density at radius 2 is 2.29 bits per heavy atom. The molecule has 0 fully saturated rings. The normalized spacial score (nSPS) is 14.1. The summed E-state index contributed by atoms with van der Waals surface area (Å²) < 4.78 is 24.9. The molecule has 0 radical (unpaired) electrons. The first-order valence-electron chi connectivity index (χ1n) is 4.53. The van der Waals surface area contributed by atoms with Crippen molar-refractivity contribution in [2.75, 3.05) is 6.26 Å². The van der Waals surface area contributed by atoms with Crippen LogP contribution in [0.4, 0.5) is 0 Å². The highest BCUT2D eigenvalue weighted by atomic mass is 32.2. The van der Waals surface area contributed by atoms with E-state index in [1.165, 1.54) is 6.26 Å². The fraction of sp³-hybridized carbons (Fsp3) is 0.556. The zero-order chi connectivity index (χ0) is 10.6. The Balaban J connectivity index is 2.75. The Bertz CT molecular complexity index is 356. The van der Waals surface area contributed by atoms with E-state index in [2.05, 4.69) is 4.72 Å². The number of rotatable bonds is 5. The zero-order valence-corrected chi connectivity index (χ0v) is 9.99. The molecular weight excluding hydrogens is 218 g/mol. The van der Waals surface area contributed by atoms with Crippen LogP contribution in [0, 0.1) is 0 Å². The Morgan fingerprint density at radius 3 is 2.71 bits per heavy atom. The van der Waals surface area contributed by atoms with Crippen LogP contribution in [0.2, 0.25) is 0 Å². The van der Waals surface area contributed by atoms with E-state index in [9.17, 15) is 8.42 Å². The molecule has 1 heterocycles. The van der Waals surface area contributed by atoms with E-state index >= 15 is 0 Å². The van der Waals surface area contributed by atoms with Crippen LogP contribution >= 0.6 is 11.3 Å². The molecule has 0 spiro atoms. The van der Waals surface area contributed by atoms with Crippen LogP contribution in [0.5, 0.6) is 0 Å². The van der Waals surface area contributed by atoms with E-state index in [0.717, 1.165) is 17.7 Å². The van der Waals surface area contributed by atoms with Crippen LogP contribution in [-0.4, -0.2) is 14.7 Å². The average molecular weight is 233 g/mol. The monoisotopic (exact) mass is 233 g/mol. The minimum atomic E-state index is -3.11. The van der Waals surface area contributed by atoms with Crippen molar-refractivity contribution in [3.8, 4) is 0 Å². The van der Waals surface area contributed by atoms with Crippen molar-refractivity contribution in [2.45, 2.75) is 25.8 Å². The smallest absolute Gasteiger partial charge is 0.209 e. The maximum absolute atomic E-state index is 11.1. The molecule has 0 saturated carbocycles. The van der Waals surface area contributed by atoms with Crippen molar-refractivity contribution in [2.24, 2.45) is 0 Å². The van der Waals surface area contributed by atoms with Gasteiger partial charge >= 0.3 is 0 Å². The lowest BCUT2D eigenvalue weighted by Gasteiger charge is -2.14. The third-order valence-corrected chi connectivity index (χ3v) is 3.52. The van der Waals surface area contributed by atoms with Crippen LogP contribution in [0.25, 0.3) is 0 Å². The van der Waals surface area contributed by atoms with Crippen molar-refractivity contribution in [3.63, 3.8) is 0 Å². The Kier molecular flexibility index (Phi) is 4.10. The van der Waals surface area contributed by atoms with Gasteiger partial charge < -0.3 is 0 Å². The summed E-state index contributed by atoms with van der Waals surface area (Å²) in [6.45, 7) is 2.05. The van der Waals surface area contributed by atoms with Crippen molar-refractivity contribution in [3.05, 3.63) is 22.4 Å². The zero-order valence-electron chi connectivity index (χ0n) is 8.36. The van der Waals surface area contributed by atoms with Gasteiger partial charge in [0.1, 0.15) is 0 Å². The summed E-state index contributed by atoms with van der Waals surface area (Å²) in [5.41, 5.74) is 0. The molecule has 0 saturated heterocycles. The first-order chi connectivity index (χ1) is 6.53. The molecule has 1 aromatic heterocycles. The lowest BCUT2D eigenvalue weighted by Crippen LogP contribution is -2.26. The maximum Gasteiger partial charge on any atom is 0.209 e. The average Bonchev–Trinajstić information content (AvgIpc) is 2.52. The lowest BCUT2D eigenvalue weighted by molar-refractivity contribution is 0.545. The topological polar surface area (TPSA) is 46.2 Å². The van der Waals surface area contributed by atoms with Crippen molar-refractivity contribution < 1.29 is 8.42 Å². The summed E-state index contributed by atoms with van der Waals surface area (Å²) >= 11 is 1.58. The third-order valence-electron chi connectivity index (χ3n) is 1.82.